The van der Waals surface area contributed by atoms with Crippen LogP contribution in [0.5, 0.6) is 0 Å². The summed E-state index contributed by atoms with van der Waals surface area (Å²) in [7, 11) is 1.73. The van der Waals surface area contributed by atoms with E-state index in [9.17, 15) is 9.90 Å². The molecule has 1 N–H and O–H groups in total. The zero-order valence-electron chi connectivity index (χ0n) is 17.6. The Labute approximate surface area is 173 Å². The lowest BCUT2D eigenvalue weighted by atomic mass is 9.85. The molecule has 0 radical (unpaired) electrons. The summed E-state index contributed by atoms with van der Waals surface area (Å²) in [5.74, 6) is -0.739. The van der Waals surface area contributed by atoms with Gasteiger partial charge in [-0.05, 0) is 49.0 Å². The van der Waals surface area contributed by atoms with Gasteiger partial charge in [0.25, 0.3) is 0 Å². The van der Waals surface area contributed by atoms with Gasteiger partial charge in [-0.3, -0.25) is 4.79 Å². The van der Waals surface area contributed by atoms with Crippen molar-refractivity contribution in [2.75, 3.05) is 26.7 Å². The molecule has 0 aliphatic carbocycles. The smallest absolute Gasteiger partial charge is 0.310 e. The highest BCUT2D eigenvalue weighted by atomic mass is 16.5. The molecule has 4 nitrogen and oxygen atoms in total. The van der Waals surface area contributed by atoms with E-state index in [0.717, 1.165) is 25.9 Å². The van der Waals surface area contributed by atoms with Crippen molar-refractivity contribution in [1.29, 1.82) is 0 Å². The molecule has 3 rings (SSSR count). The number of aliphatic carboxylic acids is 1. The van der Waals surface area contributed by atoms with Crippen molar-refractivity contribution in [3.8, 4) is 0 Å². The van der Waals surface area contributed by atoms with Gasteiger partial charge in [0, 0.05) is 26.7 Å². The van der Waals surface area contributed by atoms with Crippen molar-refractivity contribution >= 4 is 11.5 Å². The van der Waals surface area contributed by atoms with Crippen LogP contribution in [-0.2, 0) is 16.1 Å². The van der Waals surface area contributed by atoms with Gasteiger partial charge in [0.2, 0.25) is 0 Å². The molecule has 1 saturated heterocycles. The lowest BCUT2D eigenvalue weighted by molar-refractivity contribution is -0.148. The Kier molecular flexibility index (Phi) is 6.88. The van der Waals surface area contributed by atoms with Gasteiger partial charge in [-0.25, -0.2) is 0 Å². The lowest BCUT2D eigenvalue weighted by Crippen LogP contribution is -2.42. The third-order valence-electron chi connectivity index (χ3n) is 5.66. The summed E-state index contributed by atoms with van der Waals surface area (Å²) in [6.45, 7) is 6.53. The van der Waals surface area contributed by atoms with Gasteiger partial charge in [0.05, 0.1) is 12.0 Å². The number of hydrogen-bond donors (Lipinski definition) is 1. The minimum atomic E-state index is -0.739. The first kappa shape index (κ1) is 21.3. The van der Waals surface area contributed by atoms with Crippen LogP contribution < -0.4 is 0 Å². The normalized spacial score (nSPS) is 15.3. The number of carboxylic acids is 1. The average molecular weight is 394 g/mol. The van der Waals surface area contributed by atoms with E-state index >= 15 is 0 Å². The number of hydrogen-bond acceptors (Lipinski definition) is 3. The fraction of sp³-hybridized carbons (Fsp3) is 0.400. The molecule has 0 unspecified atom stereocenters. The van der Waals surface area contributed by atoms with Crippen LogP contribution in [0, 0.1) is 5.41 Å². The molecule has 154 valence electrons. The summed E-state index contributed by atoms with van der Waals surface area (Å²) in [6.07, 6.45) is 1.89. The third-order valence-corrected chi connectivity index (χ3v) is 5.66. The molecular formula is C25H31NO3. The first-order valence-electron chi connectivity index (χ1n) is 10.2. The fourth-order valence-electron chi connectivity index (χ4n) is 4.06. The highest BCUT2D eigenvalue weighted by Gasteiger charge is 2.31. The first-order chi connectivity index (χ1) is 13.9. The highest BCUT2D eigenvalue weighted by Crippen LogP contribution is 2.35. The predicted molar refractivity (Wildman–Crippen MR) is 117 cm³/mol. The molecular weight excluding hydrogens is 362 g/mol. The topological polar surface area (TPSA) is 49.8 Å². The van der Waals surface area contributed by atoms with Crippen LogP contribution >= 0.6 is 0 Å². The second-order valence-corrected chi connectivity index (χ2v) is 8.40. The molecule has 1 heterocycles. The summed E-state index contributed by atoms with van der Waals surface area (Å²) in [5, 5.41) is 9.44. The van der Waals surface area contributed by atoms with Crippen LogP contribution in [0.3, 0.4) is 0 Å². The molecule has 0 saturated carbocycles. The molecule has 1 aliphatic heterocycles. The summed E-state index contributed by atoms with van der Waals surface area (Å²) in [4.78, 5) is 13.8. The van der Waals surface area contributed by atoms with Gasteiger partial charge in [-0.15, -0.1) is 0 Å². The number of ether oxygens (including phenoxy) is 1. The summed E-state index contributed by atoms with van der Waals surface area (Å²) >= 11 is 0. The Hall–Kier alpha value is -2.43. The number of likely N-dealkylation sites (tertiary alicyclic amines) is 1. The molecule has 2 aromatic rings. The van der Waals surface area contributed by atoms with Crippen LogP contribution in [-0.4, -0.2) is 42.7 Å². The van der Waals surface area contributed by atoms with Crippen LogP contribution in [0.4, 0.5) is 0 Å². The largest absolute Gasteiger partial charge is 0.481 e. The Balaban J connectivity index is 1.93. The van der Waals surface area contributed by atoms with Gasteiger partial charge < -0.3 is 14.7 Å². The van der Waals surface area contributed by atoms with E-state index in [1.807, 2.05) is 6.07 Å². The number of carbonyl (C=O) groups is 1. The number of methoxy groups -OCH3 is 1. The van der Waals surface area contributed by atoms with Gasteiger partial charge in [0.15, 0.2) is 0 Å². The van der Waals surface area contributed by atoms with Crippen LogP contribution in [0.2, 0.25) is 0 Å². The van der Waals surface area contributed by atoms with E-state index in [1.165, 1.54) is 27.8 Å². The molecule has 1 aliphatic rings. The SMILES string of the molecule is COCc1ccccc1C(=C1CCN(CC(C)(C)C(=O)O)CC1)c1ccccc1. The number of benzene rings is 2. The summed E-state index contributed by atoms with van der Waals surface area (Å²) in [6, 6.07) is 19.0. The Bertz CT molecular complexity index is 861. The molecule has 2 aromatic carbocycles. The molecule has 29 heavy (non-hydrogen) atoms. The van der Waals surface area contributed by atoms with Crippen LogP contribution in [0.15, 0.2) is 60.2 Å². The maximum atomic E-state index is 11.5. The summed E-state index contributed by atoms with van der Waals surface area (Å²) < 4.78 is 5.45. The van der Waals surface area contributed by atoms with Crippen molar-refractivity contribution in [2.45, 2.75) is 33.3 Å². The molecule has 1 fully saturated rings. The van der Waals surface area contributed by atoms with E-state index in [2.05, 4.69) is 53.4 Å². The zero-order valence-corrected chi connectivity index (χ0v) is 17.6. The van der Waals surface area contributed by atoms with Gasteiger partial charge in [-0.2, -0.15) is 0 Å². The third kappa shape index (κ3) is 5.14. The second kappa shape index (κ2) is 9.38. The maximum absolute atomic E-state index is 11.5. The van der Waals surface area contributed by atoms with E-state index in [0.29, 0.717) is 13.2 Å². The standard InChI is InChI=1S/C25H31NO3/c1-25(2,24(27)28)18-26-15-13-20(14-16-26)23(19-9-5-4-6-10-19)22-12-8-7-11-21(22)17-29-3/h4-12H,13-18H2,1-3H3,(H,27,28). The van der Waals surface area contributed by atoms with Gasteiger partial charge in [0.1, 0.15) is 0 Å². The minimum absolute atomic E-state index is 0.580. The number of piperidine rings is 1. The highest BCUT2D eigenvalue weighted by molar-refractivity contribution is 5.83. The molecule has 0 bridgehead atoms. The Morgan fingerprint density at radius 3 is 2.28 bits per heavy atom. The van der Waals surface area contributed by atoms with Crippen LogP contribution in [0.25, 0.3) is 5.57 Å². The van der Waals surface area contributed by atoms with Gasteiger partial charge in [-0.1, -0.05) is 60.2 Å². The van der Waals surface area contributed by atoms with Crippen molar-refractivity contribution < 1.29 is 14.6 Å². The van der Waals surface area contributed by atoms with Gasteiger partial charge >= 0.3 is 5.97 Å². The molecule has 0 amide bonds. The molecule has 0 aromatic heterocycles. The molecule has 4 heteroatoms. The minimum Gasteiger partial charge on any atom is -0.481 e. The number of rotatable bonds is 7. The van der Waals surface area contributed by atoms with Crippen molar-refractivity contribution in [2.24, 2.45) is 5.41 Å². The Morgan fingerprint density at radius 1 is 1.03 bits per heavy atom. The van der Waals surface area contributed by atoms with E-state index in [-0.39, 0.29) is 0 Å². The first-order valence-corrected chi connectivity index (χ1v) is 10.2. The fourth-order valence-corrected chi connectivity index (χ4v) is 4.06. The van der Waals surface area contributed by atoms with E-state index in [4.69, 9.17) is 4.74 Å². The maximum Gasteiger partial charge on any atom is 0.310 e. The van der Waals surface area contributed by atoms with E-state index < -0.39 is 11.4 Å². The van der Waals surface area contributed by atoms with Crippen molar-refractivity contribution in [3.05, 3.63) is 76.9 Å². The van der Waals surface area contributed by atoms with Crippen molar-refractivity contribution in [3.63, 3.8) is 0 Å². The summed E-state index contributed by atoms with van der Waals surface area (Å²) in [5.41, 5.74) is 5.66. The molecule has 0 spiro atoms. The quantitative estimate of drug-likeness (QED) is 0.731. The predicted octanol–water partition coefficient (Wildman–Crippen LogP) is 4.84. The van der Waals surface area contributed by atoms with Crippen LogP contribution in [0.1, 0.15) is 43.4 Å². The van der Waals surface area contributed by atoms with Crippen molar-refractivity contribution in [1.82, 2.24) is 4.90 Å². The number of nitrogens with zero attached hydrogens (tertiary/aromatic N) is 1. The average Bonchev–Trinajstić information content (AvgIpc) is 2.71. The Morgan fingerprint density at radius 2 is 1.66 bits per heavy atom. The number of carboxylic acid groups (broad SMARTS) is 1. The lowest BCUT2D eigenvalue weighted by Gasteiger charge is -2.34. The monoisotopic (exact) mass is 393 g/mol. The zero-order chi connectivity index (χ0) is 20.9. The second-order valence-electron chi connectivity index (χ2n) is 8.40. The van der Waals surface area contributed by atoms with E-state index in [1.54, 1.807) is 21.0 Å². The molecule has 0 atom stereocenters.